The molecule has 0 rings (SSSR count). The molecular formula is C19H34N4O7. The highest BCUT2D eigenvalue weighted by Crippen LogP contribution is 2.08. The van der Waals surface area contributed by atoms with Crippen molar-refractivity contribution in [2.45, 2.75) is 71.5 Å². The number of carbonyl (C=O) groups is 5. The van der Waals surface area contributed by atoms with Crippen molar-refractivity contribution in [3.8, 4) is 0 Å². The Kier molecular flexibility index (Phi) is 12.3. The number of carbonyl (C=O) groups excluding carboxylic acids is 3. The van der Waals surface area contributed by atoms with Crippen LogP contribution in [0.4, 0.5) is 0 Å². The summed E-state index contributed by atoms with van der Waals surface area (Å²) < 4.78 is 0. The van der Waals surface area contributed by atoms with E-state index in [-0.39, 0.29) is 37.5 Å². The Morgan fingerprint density at radius 1 is 0.833 bits per heavy atom. The number of carboxylic acid groups (broad SMARTS) is 2. The normalized spacial score (nSPS) is 14.0. The lowest BCUT2D eigenvalue weighted by Crippen LogP contribution is -2.54. The quantitative estimate of drug-likeness (QED) is 0.211. The summed E-state index contributed by atoms with van der Waals surface area (Å²) in [6.45, 7) is 6.91. The van der Waals surface area contributed by atoms with Crippen LogP contribution in [-0.2, 0) is 24.0 Å². The summed E-state index contributed by atoms with van der Waals surface area (Å²) in [7, 11) is 0. The number of aliphatic carboxylic acids is 2. The van der Waals surface area contributed by atoms with E-state index in [0.717, 1.165) is 0 Å². The van der Waals surface area contributed by atoms with Gasteiger partial charge in [-0.05, 0) is 31.1 Å². The molecule has 7 N–H and O–H groups in total. The summed E-state index contributed by atoms with van der Waals surface area (Å²) in [5.74, 6) is -4.11. The molecule has 0 spiro atoms. The van der Waals surface area contributed by atoms with E-state index in [9.17, 15) is 29.1 Å². The molecule has 0 radical (unpaired) electrons. The topological polar surface area (TPSA) is 188 Å². The number of nitrogens with two attached hydrogens (primary N) is 1. The smallest absolute Gasteiger partial charge is 0.326 e. The highest BCUT2D eigenvalue weighted by molar-refractivity contribution is 5.92. The fourth-order valence-corrected chi connectivity index (χ4v) is 2.62. The second-order valence-corrected chi connectivity index (χ2v) is 8.04. The van der Waals surface area contributed by atoms with Crippen molar-refractivity contribution >= 4 is 29.7 Å². The molecule has 11 heteroatoms. The van der Waals surface area contributed by atoms with E-state index in [0.29, 0.717) is 0 Å². The second kappa shape index (κ2) is 13.5. The SMILES string of the molecule is CC(C)CC(NC(=O)C(CC(C)C)NC(=O)CNC(=O)C(N)CCC(=O)O)C(=O)O. The van der Waals surface area contributed by atoms with Gasteiger partial charge in [-0.25, -0.2) is 4.79 Å². The number of hydrogen-bond donors (Lipinski definition) is 6. The van der Waals surface area contributed by atoms with Crippen LogP contribution in [0.2, 0.25) is 0 Å². The van der Waals surface area contributed by atoms with Crippen molar-refractivity contribution in [3.63, 3.8) is 0 Å². The van der Waals surface area contributed by atoms with E-state index >= 15 is 0 Å². The average Bonchev–Trinajstić information content (AvgIpc) is 2.61. The minimum atomic E-state index is -1.16. The number of rotatable bonds is 14. The molecule has 0 aromatic carbocycles. The second-order valence-electron chi connectivity index (χ2n) is 8.04. The fraction of sp³-hybridized carbons (Fsp3) is 0.737. The lowest BCUT2D eigenvalue weighted by molar-refractivity contribution is -0.143. The van der Waals surface area contributed by atoms with Crippen molar-refractivity contribution in [2.75, 3.05) is 6.54 Å². The maximum Gasteiger partial charge on any atom is 0.326 e. The van der Waals surface area contributed by atoms with Crippen LogP contribution in [-0.4, -0.2) is 64.5 Å². The Morgan fingerprint density at radius 3 is 1.83 bits per heavy atom. The summed E-state index contributed by atoms with van der Waals surface area (Å²) in [6.07, 6.45) is 0.164. The molecule has 0 aromatic heterocycles. The molecule has 172 valence electrons. The van der Waals surface area contributed by atoms with Crippen molar-refractivity contribution in [1.82, 2.24) is 16.0 Å². The molecule has 0 fully saturated rings. The number of hydrogen-bond acceptors (Lipinski definition) is 6. The third-order valence-corrected chi connectivity index (χ3v) is 4.11. The molecular weight excluding hydrogens is 396 g/mol. The molecule has 0 saturated carbocycles. The van der Waals surface area contributed by atoms with Crippen LogP contribution in [0.3, 0.4) is 0 Å². The summed E-state index contributed by atoms with van der Waals surface area (Å²) in [6, 6.07) is -3.11. The lowest BCUT2D eigenvalue weighted by Gasteiger charge is -2.23. The lowest BCUT2D eigenvalue weighted by atomic mass is 10.0. The van der Waals surface area contributed by atoms with Crippen molar-refractivity contribution in [2.24, 2.45) is 17.6 Å². The average molecular weight is 431 g/mol. The first-order valence-corrected chi connectivity index (χ1v) is 9.91. The maximum absolute atomic E-state index is 12.6. The summed E-state index contributed by atoms with van der Waals surface area (Å²) >= 11 is 0. The van der Waals surface area contributed by atoms with Crippen LogP contribution in [0.1, 0.15) is 53.4 Å². The first kappa shape index (κ1) is 27.3. The monoisotopic (exact) mass is 430 g/mol. The van der Waals surface area contributed by atoms with Gasteiger partial charge in [0.05, 0.1) is 12.6 Å². The minimum Gasteiger partial charge on any atom is -0.481 e. The zero-order valence-corrected chi connectivity index (χ0v) is 17.9. The highest BCUT2D eigenvalue weighted by Gasteiger charge is 2.27. The van der Waals surface area contributed by atoms with Gasteiger partial charge in [0, 0.05) is 6.42 Å². The highest BCUT2D eigenvalue weighted by atomic mass is 16.4. The van der Waals surface area contributed by atoms with Gasteiger partial charge < -0.3 is 31.9 Å². The van der Waals surface area contributed by atoms with Crippen molar-refractivity contribution in [1.29, 1.82) is 0 Å². The van der Waals surface area contributed by atoms with Crippen LogP contribution in [0.15, 0.2) is 0 Å². The Bertz CT molecular complexity index is 622. The summed E-state index contributed by atoms with van der Waals surface area (Å²) in [5, 5.41) is 25.1. The molecule has 30 heavy (non-hydrogen) atoms. The van der Waals surface area contributed by atoms with Crippen LogP contribution < -0.4 is 21.7 Å². The first-order chi connectivity index (χ1) is 13.8. The molecule has 0 aliphatic heterocycles. The van der Waals surface area contributed by atoms with Crippen LogP contribution >= 0.6 is 0 Å². The van der Waals surface area contributed by atoms with Crippen LogP contribution in [0.25, 0.3) is 0 Å². The van der Waals surface area contributed by atoms with E-state index < -0.39 is 54.3 Å². The van der Waals surface area contributed by atoms with Gasteiger partial charge >= 0.3 is 11.9 Å². The Labute approximate surface area is 176 Å². The van der Waals surface area contributed by atoms with Gasteiger partial charge in [-0.1, -0.05) is 27.7 Å². The Hall–Kier alpha value is -2.69. The predicted molar refractivity (Wildman–Crippen MR) is 108 cm³/mol. The number of nitrogens with one attached hydrogen (secondary N) is 3. The molecule has 3 amide bonds. The molecule has 3 atom stereocenters. The molecule has 0 aliphatic rings. The zero-order valence-electron chi connectivity index (χ0n) is 17.9. The summed E-state index contributed by atoms with van der Waals surface area (Å²) in [4.78, 5) is 58.4. The van der Waals surface area contributed by atoms with Gasteiger partial charge in [0.2, 0.25) is 17.7 Å². The predicted octanol–water partition coefficient (Wildman–Crippen LogP) is -0.559. The molecule has 0 aromatic rings. The van der Waals surface area contributed by atoms with Gasteiger partial charge in [-0.2, -0.15) is 0 Å². The number of amides is 3. The largest absolute Gasteiger partial charge is 0.481 e. The third-order valence-electron chi connectivity index (χ3n) is 4.11. The Morgan fingerprint density at radius 2 is 1.37 bits per heavy atom. The Balaban J connectivity index is 4.85. The fourth-order valence-electron chi connectivity index (χ4n) is 2.62. The third kappa shape index (κ3) is 12.0. The first-order valence-electron chi connectivity index (χ1n) is 9.91. The maximum atomic E-state index is 12.6. The van der Waals surface area contributed by atoms with Gasteiger partial charge in [0.25, 0.3) is 0 Å². The molecule has 0 heterocycles. The number of carboxylic acids is 2. The van der Waals surface area contributed by atoms with E-state index in [1.54, 1.807) is 0 Å². The summed E-state index contributed by atoms with van der Waals surface area (Å²) in [5.41, 5.74) is 5.56. The van der Waals surface area contributed by atoms with E-state index in [4.69, 9.17) is 10.8 Å². The van der Waals surface area contributed by atoms with E-state index in [1.165, 1.54) is 0 Å². The van der Waals surface area contributed by atoms with Crippen molar-refractivity contribution in [3.05, 3.63) is 0 Å². The zero-order chi connectivity index (χ0) is 23.4. The van der Waals surface area contributed by atoms with Gasteiger partial charge in [0.1, 0.15) is 12.1 Å². The van der Waals surface area contributed by atoms with E-state index in [1.807, 2.05) is 27.7 Å². The molecule has 0 aliphatic carbocycles. The van der Waals surface area contributed by atoms with Crippen molar-refractivity contribution < 1.29 is 34.2 Å². The molecule has 3 unspecified atom stereocenters. The molecule has 11 nitrogen and oxygen atoms in total. The molecule has 0 saturated heterocycles. The van der Waals surface area contributed by atoms with Gasteiger partial charge in [0.15, 0.2) is 0 Å². The van der Waals surface area contributed by atoms with Gasteiger partial charge in [-0.15, -0.1) is 0 Å². The van der Waals surface area contributed by atoms with Crippen LogP contribution in [0.5, 0.6) is 0 Å². The molecule has 0 bridgehead atoms. The van der Waals surface area contributed by atoms with Gasteiger partial charge in [-0.3, -0.25) is 19.2 Å². The van der Waals surface area contributed by atoms with Crippen LogP contribution in [0, 0.1) is 11.8 Å². The standard InChI is InChI=1S/C19H34N4O7/c1-10(2)7-13(18(28)23-14(19(29)30)8-11(3)4)22-15(24)9-21-17(27)12(20)5-6-16(25)26/h10-14H,5-9,20H2,1-4H3,(H,21,27)(H,22,24)(H,23,28)(H,25,26)(H,29,30). The van der Waals surface area contributed by atoms with E-state index in [2.05, 4.69) is 16.0 Å². The minimum absolute atomic E-state index is 0.0356.